The first kappa shape index (κ1) is 19.0. The average molecular weight is 269 g/mol. The fourth-order valence-corrected chi connectivity index (χ4v) is 2.90. The Balaban J connectivity index is 3.57. The van der Waals surface area contributed by atoms with E-state index in [1.54, 1.807) is 0 Å². The highest BCUT2D eigenvalue weighted by Crippen LogP contribution is 2.24. The van der Waals surface area contributed by atoms with Crippen LogP contribution in [0, 0.1) is 23.7 Å². The lowest BCUT2D eigenvalue weighted by Crippen LogP contribution is -2.03. The molecule has 2 atom stereocenters. The van der Waals surface area contributed by atoms with Gasteiger partial charge >= 0.3 is 0 Å². The second-order valence-corrected chi connectivity index (χ2v) is 7.61. The summed E-state index contributed by atoms with van der Waals surface area (Å²) in [4.78, 5) is 0. The Labute approximate surface area is 123 Å². The first-order chi connectivity index (χ1) is 8.95. The lowest BCUT2D eigenvalue weighted by Gasteiger charge is -2.17. The van der Waals surface area contributed by atoms with Gasteiger partial charge in [0.2, 0.25) is 0 Å². The van der Waals surface area contributed by atoms with Gasteiger partial charge in [-0.15, -0.1) is 0 Å². The third kappa shape index (κ3) is 12.8. The minimum Gasteiger partial charge on any atom is -0.0651 e. The van der Waals surface area contributed by atoms with Crippen molar-refractivity contribution in [3.8, 4) is 0 Å². The van der Waals surface area contributed by atoms with E-state index in [-0.39, 0.29) is 0 Å². The molecule has 0 aliphatic rings. The lowest BCUT2D eigenvalue weighted by atomic mass is 9.89. The van der Waals surface area contributed by atoms with Gasteiger partial charge in [-0.05, 0) is 23.7 Å². The Morgan fingerprint density at radius 2 is 1.11 bits per heavy atom. The molecule has 0 heterocycles. The molecule has 0 amide bonds. The summed E-state index contributed by atoms with van der Waals surface area (Å²) >= 11 is 0. The Morgan fingerprint density at radius 3 is 1.58 bits per heavy atom. The molecule has 0 radical (unpaired) electrons. The molecule has 0 rings (SSSR count). The van der Waals surface area contributed by atoms with E-state index >= 15 is 0 Å². The van der Waals surface area contributed by atoms with E-state index in [1.807, 2.05) is 0 Å². The molecule has 0 aromatic carbocycles. The van der Waals surface area contributed by atoms with Crippen molar-refractivity contribution in [2.45, 2.75) is 99.3 Å². The minimum absolute atomic E-state index is 0.879. The molecule has 19 heavy (non-hydrogen) atoms. The molecule has 0 saturated heterocycles. The maximum atomic E-state index is 2.45. The first-order valence-electron chi connectivity index (χ1n) is 8.95. The van der Waals surface area contributed by atoms with Crippen molar-refractivity contribution in [3.05, 3.63) is 0 Å². The number of hydrogen-bond donors (Lipinski definition) is 0. The predicted octanol–water partition coefficient (Wildman–Crippen LogP) is 7.08. The molecule has 0 aliphatic carbocycles. The van der Waals surface area contributed by atoms with Crippen molar-refractivity contribution < 1.29 is 0 Å². The van der Waals surface area contributed by atoms with E-state index in [4.69, 9.17) is 0 Å². The Hall–Kier alpha value is 0. The van der Waals surface area contributed by atoms with Crippen LogP contribution in [-0.2, 0) is 0 Å². The Morgan fingerprint density at radius 1 is 0.579 bits per heavy atom. The zero-order valence-electron chi connectivity index (χ0n) is 14.7. The van der Waals surface area contributed by atoms with Crippen molar-refractivity contribution in [1.29, 1.82) is 0 Å². The largest absolute Gasteiger partial charge is 0.0651 e. The summed E-state index contributed by atoms with van der Waals surface area (Å²) in [6, 6.07) is 0. The topological polar surface area (TPSA) is 0 Å². The third-order valence-electron chi connectivity index (χ3n) is 4.52. The maximum absolute atomic E-state index is 2.45. The van der Waals surface area contributed by atoms with Gasteiger partial charge in [0.05, 0.1) is 0 Å². The normalized spacial score (nSPS) is 15.2. The van der Waals surface area contributed by atoms with Crippen LogP contribution < -0.4 is 0 Å². The van der Waals surface area contributed by atoms with Gasteiger partial charge in [0, 0.05) is 0 Å². The van der Waals surface area contributed by atoms with Crippen molar-refractivity contribution >= 4 is 0 Å². The van der Waals surface area contributed by atoms with Crippen molar-refractivity contribution in [1.82, 2.24) is 0 Å². The van der Waals surface area contributed by atoms with Crippen LogP contribution in [0.4, 0.5) is 0 Å². The maximum Gasteiger partial charge on any atom is -0.0417 e. The zero-order valence-corrected chi connectivity index (χ0v) is 14.7. The number of hydrogen-bond acceptors (Lipinski definition) is 0. The van der Waals surface area contributed by atoms with E-state index in [2.05, 4.69) is 41.5 Å². The van der Waals surface area contributed by atoms with Crippen LogP contribution >= 0.6 is 0 Å². The molecule has 0 N–H and O–H groups in total. The summed E-state index contributed by atoms with van der Waals surface area (Å²) in [5.41, 5.74) is 0. The predicted molar refractivity (Wildman–Crippen MR) is 89.6 cm³/mol. The highest BCUT2D eigenvalue weighted by atomic mass is 14.1. The van der Waals surface area contributed by atoms with Crippen molar-refractivity contribution in [3.63, 3.8) is 0 Å². The van der Waals surface area contributed by atoms with Crippen LogP contribution in [0.3, 0.4) is 0 Å². The molecule has 0 saturated carbocycles. The summed E-state index contributed by atoms with van der Waals surface area (Å²) in [5.74, 6) is 3.70. The molecular weight excluding hydrogens is 228 g/mol. The van der Waals surface area contributed by atoms with Gasteiger partial charge in [0.15, 0.2) is 0 Å². The van der Waals surface area contributed by atoms with Crippen LogP contribution in [0.1, 0.15) is 99.3 Å². The quantitative estimate of drug-likeness (QED) is 0.354. The molecule has 0 nitrogen and oxygen atoms in total. The smallest absolute Gasteiger partial charge is 0.0417 e. The molecular formula is C19H40. The fourth-order valence-electron chi connectivity index (χ4n) is 2.90. The van der Waals surface area contributed by atoms with E-state index < -0.39 is 0 Å². The van der Waals surface area contributed by atoms with Crippen LogP contribution in [-0.4, -0.2) is 0 Å². The van der Waals surface area contributed by atoms with Gasteiger partial charge in [0.25, 0.3) is 0 Å². The summed E-state index contributed by atoms with van der Waals surface area (Å²) in [6.07, 6.45) is 12.9. The molecule has 116 valence electrons. The van der Waals surface area contributed by atoms with Crippen LogP contribution in [0.25, 0.3) is 0 Å². The molecule has 1 unspecified atom stereocenters. The van der Waals surface area contributed by atoms with Gasteiger partial charge in [-0.2, -0.15) is 0 Å². The third-order valence-corrected chi connectivity index (χ3v) is 4.52. The molecule has 0 aromatic heterocycles. The molecule has 0 fully saturated rings. The second-order valence-electron chi connectivity index (χ2n) is 7.61. The first-order valence-corrected chi connectivity index (χ1v) is 8.95. The summed E-state index contributed by atoms with van der Waals surface area (Å²) in [7, 11) is 0. The van der Waals surface area contributed by atoms with E-state index in [0.29, 0.717) is 0 Å². The van der Waals surface area contributed by atoms with Gasteiger partial charge < -0.3 is 0 Å². The molecule has 0 bridgehead atoms. The highest BCUT2D eigenvalue weighted by Gasteiger charge is 2.09. The van der Waals surface area contributed by atoms with Crippen LogP contribution in [0.15, 0.2) is 0 Å². The lowest BCUT2D eigenvalue weighted by molar-refractivity contribution is 0.353. The van der Waals surface area contributed by atoms with E-state index in [1.165, 1.54) is 57.8 Å². The Kier molecular flexibility index (Phi) is 11.8. The van der Waals surface area contributed by atoms with Gasteiger partial charge in [-0.25, -0.2) is 0 Å². The van der Waals surface area contributed by atoms with Crippen LogP contribution in [0.5, 0.6) is 0 Å². The standard InChI is InChI=1S/C19H40/c1-7-19(15-14-17(4)5)13-9-12-18(6)11-8-10-16(2)3/h16-19H,7-15H2,1-6H3/t18-,19?/m0/s1. The molecule has 0 aromatic rings. The van der Waals surface area contributed by atoms with Gasteiger partial charge in [-0.1, -0.05) is 99.3 Å². The average Bonchev–Trinajstić information content (AvgIpc) is 2.32. The highest BCUT2D eigenvalue weighted by molar-refractivity contribution is 4.62. The summed E-state index contributed by atoms with van der Waals surface area (Å²) in [5, 5.41) is 0. The van der Waals surface area contributed by atoms with Crippen molar-refractivity contribution in [2.75, 3.05) is 0 Å². The minimum atomic E-state index is 0.879. The van der Waals surface area contributed by atoms with E-state index in [9.17, 15) is 0 Å². The summed E-state index contributed by atoms with van der Waals surface area (Å²) in [6.45, 7) is 14.2. The van der Waals surface area contributed by atoms with Gasteiger partial charge in [-0.3, -0.25) is 0 Å². The molecule has 0 aliphatic heterocycles. The van der Waals surface area contributed by atoms with Crippen molar-refractivity contribution in [2.24, 2.45) is 23.7 Å². The van der Waals surface area contributed by atoms with Crippen LogP contribution in [0.2, 0.25) is 0 Å². The Bertz CT molecular complexity index is 180. The van der Waals surface area contributed by atoms with Gasteiger partial charge in [0.1, 0.15) is 0 Å². The monoisotopic (exact) mass is 268 g/mol. The zero-order chi connectivity index (χ0) is 14.7. The van der Waals surface area contributed by atoms with E-state index in [0.717, 1.165) is 23.7 Å². The fraction of sp³-hybridized carbons (Fsp3) is 1.00. The molecule has 0 spiro atoms. The summed E-state index contributed by atoms with van der Waals surface area (Å²) < 4.78 is 0. The number of rotatable bonds is 12. The SMILES string of the molecule is CCC(CCC[C@@H](C)CCCC(C)C)CCC(C)C. The molecule has 0 heteroatoms. The second kappa shape index (κ2) is 11.8.